The van der Waals surface area contributed by atoms with Crippen molar-refractivity contribution >= 4 is 23.7 Å². The molecule has 9 atom stereocenters. The zero-order valence-corrected chi connectivity index (χ0v) is 24.6. The molecule has 1 aromatic rings. The summed E-state index contributed by atoms with van der Waals surface area (Å²) in [6, 6.07) is 8.05. The topological polar surface area (TPSA) is 166 Å². The van der Waals surface area contributed by atoms with Crippen molar-refractivity contribution in [3.05, 3.63) is 47.0 Å². The first-order valence-corrected chi connectivity index (χ1v) is 14.1. The highest BCUT2D eigenvalue weighted by atomic mass is 16.6. The number of benzene rings is 1. The fourth-order valence-electron chi connectivity index (χ4n) is 7.97. The van der Waals surface area contributed by atoms with E-state index >= 15 is 0 Å². The fraction of sp³-hybridized carbons (Fsp3) is 0.613. The highest BCUT2D eigenvalue weighted by Gasteiger charge is 2.78. The van der Waals surface area contributed by atoms with Crippen LogP contribution in [0.3, 0.4) is 0 Å². The molecule has 1 heterocycles. The fourth-order valence-corrected chi connectivity index (χ4v) is 7.97. The predicted octanol–water partition coefficient (Wildman–Crippen LogP) is 1.65. The number of carbonyl (C=O) groups excluding carboxylic acids is 4. The lowest BCUT2D eigenvalue weighted by Crippen LogP contribution is -2.81. The maximum Gasteiger partial charge on any atom is 0.338 e. The van der Waals surface area contributed by atoms with Gasteiger partial charge in [-0.3, -0.25) is 14.4 Å². The maximum absolute atomic E-state index is 14.5. The molecule has 3 fully saturated rings. The zero-order chi connectivity index (χ0) is 31.0. The van der Waals surface area contributed by atoms with Gasteiger partial charge in [-0.05, 0) is 37.1 Å². The Morgan fingerprint density at radius 1 is 1.00 bits per heavy atom. The Kier molecular flexibility index (Phi) is 7.20. The lowest BCUT2D eigenvalue weighted by Gasteiger charge is -2.67. The number of carbonyl (C=O) groups is 4. The third kappa shape index (κ3) is 4.08. The second kappa shape index (κ2) is 9.97. The van der Waals surface area contributed by atoms with Crippen molar-refractivity contribution < 1.29 is 53.4 Å². The third-order valence-electron chi connectivity index (χ3n) is 10.2. The maximum atomic E-state index is 14.5. The van der Waals surface area contributed by atoms with E-state index in [4.69, 9.17) is 18.9 Å². The molecule has 0 spiro atoms. The summed E-state index contributed by atoms with van der Waals surface area (Å²) in [7, 11) is 0. The Hall–Kier alpha value is -3.12. The summed E-state index contributed by atoms with van der Waals surface area (Å²) in [4.78, 5) is 52.9. The number of aliphatic hydroxyl groups excluding tert-OH is 2. The molecule has 4 aliphatic rings. The normalized spacial score (nSPS) is 40.4. The first-order chi connectivity index (χ1) is 19.5. The van der Waals surface area contributed by atoms with Crippen molar-refractivity contribution in [1.29, 1.82) is 0 Å². The Balaban J connectivity index is 1.82. The molecule has 2 saturated carbocycles. The van der Waals surface area contributed by atoms with Gasteiger partial charge in [0, 0.05) is 32.1 Å². The lowest BCUT2D eigenvalue weighted by molar-refractivity contribution is -0.345. The molecule has 0 aromatic heterocycles. The predicted molar refractivity (Wildman–Crippen MR) is 145 cm³/mol. The number of rotatable bonds is 4. The molecule has 1 saturated heterocycles. The highest BCUT2D eigenvalue weighted by Crippen LogP contribution is 2.64. The van der Waals surface area contributed by atoms with Gasteiger partial charge in [0.25, 0.3) is 0 Å². The Labute approximate surface area is 243 Å². The van der Waals surface area contributed by atoms with Gasteiger partial charge < -0.3 is 34.3 Å². The van der Waals surface area contributed by atoms with E-state index in [-0.39, 0.29) is 30.6 Å². The van der Waals surface area contributed by atoms with Gasteiger partial charge in [0.2, 0.25) is 0 Å². The summed E-state index contributed by atoms with van der Waals surface area (Å²) in [6.45, 7) is 8.48. The van der Waals surface area contributed by atoms with Crippen LogP contribution in [0.15, 0.2) is 41.5 Å². The summed E-state index contributed by atoms with van der Waals surface area (Å²) >= 11 is 0. The standard InChI is InChI=1S/C31H38O11/c1-15-19(40-16(2)32)13-31(38)26(41-27(37)18-10-8-7-9-11-18)24-29(6,25(36)23(35)22(15)28(31,4)5)20(34)12-21-30(24,14-39-21)42-17(3)33/h7-11,19-21,23-24,26,34-35,38H,12-14H2,1-6H3/t19-,20-,21?,23+,24?,26-,29+,30-,31+/m0/s1. The van der Waals surface area contributed by atoms with Crippen molar-refractivity contribution in [3.63, 3.8) is 0 Å². The van der Waals surface area contributed by atoms with Crippen molar-refractivity contribution in [2.24, 2.45) is 16.7 Å². The summed E-state index contributed by atoms with van der Waals surface area (Å²) < 4.78 is 23.4. The average molecular weight is 587 g/mol. The van der Waals surface area contributed by atoms with Crippen molar-refractivity contribution in [1.82, 2.24) is 0 Å². The number of fused-ring (bicyclic) bond motifs is 5. The molecule has 42 heavy (non-hydrogen) atoms. The van der Waals surface area contributed by atoms with E-state index in [1.54, 1.807) is 39.0 Å². The molecule has 5 rings (SSSR count). The molecule has 0 amide bonds. The molecular weight excluding hydrogens is 548 g/mol. The Bertz CT molecular complexity index is 1350. The first-order valence-electron chi connectivity index (χ1n) is 14.1. The van der Waals surface area contributed by atoms with Gasteiger partial charge >= 0.3 is 17.9 Å². The van der Waals surface area contributed by atoms with Crippen molar-refractivity contribution in [2.45, 2.75) is 96.1 Å². The first kappa shape index (κ1) is 30.3. The smallest absolute Gasteiger partial charge is 0.338 e. The molecule has 0 radical (unpaired) electrons. The summed E-state index contributed by atoms with van der Waals surface area (Å²) in [6.07, 6.45) is -7.19. The van der Waals surface area contributed by atoms with Crippen molar-refractivity contribution in [2.75, 3.05) is 6.61 Å². The van der Waals surface area contributed by atoms with Gasteiger partial charge in [0.15, 0.2) is 11.4 Å². The molecule has 11 heteroatoms. The summed E-state index contributed by atoms with van der Waals surface area (Å²) in [5, 5.41) is 36.2. The second-order valence-corrected chi connectivity index (χ2v) is 12.8. The van der Waals surface area contributed by atoms with E-state index in [0.29, 0.717) is 5.57 Å². The number of esters is 3. The van der Waals surface area contributed by atoms with Crippen LogP contribution in [0.5, 0.6) is 0 Å². The highest BCUT2D eigenvalue weighted by molar-refractivity contribution is 5.94. The van der Waals surface area contributed by atoms with Gasteiger partial charge in [-0.25, -0.2) is 4.79 Å². The van der Waals surface area contributed by atoms with Gasteiger partial charge in [-0.2, -0.15) is 0 Å². The van der Waals surface area contributed by atoms with E-state index in [1.807, 2.05) is 0 Å². The van der Waals surface area contributed by atoms with Crippen LogP contribution in [0.25, 0.3) is 0 Å². The van der Waals surface area contributed by atoms with Crippen LogP contribution in [0.1, 0.15) is 64.7 Å². The van der Waals surface area contributed by atoms with Gasteiger partial charge in [-0.15, -0.1) is 0 Å². The van der Waals surface area contributed by atoms with E-state index in [1.165, 1.54) is 32.9 Å². The van der Waals surface area contributed by atoms with Crippen LogP contribution < -0.4 is 0 Å². The van der Waals surface area contributed by atoms with Crippen LogP contribution >= 0.6 is 0 Å². The quantitative estimate of drug-likeness (QED) is 0.267. The molecule has 3 aliphatic carbocycles. The van der Waals surface area contributed by atoms with E-state index in [9.17, 15) is 34.5 Å². The summed E-state index contributed by atoms with van der Waals surface area (Å²) in [5.41, 5.74) is -6.37. The Morgan fingerprint density at radius 2 is 1.64 bits per heavy atom. The molecule has 2 bridgehead atoms. The van der Waals surface area contributed by atoms with Crippen LogP contribution in [0, 0.1) is 16.7 Å². The summed E-state index contributed by atoms with van der Waals surface area (Å²) in [5.74, 6) is -4.35. The molecule has 228 valence electrons. The Morgan fingerprint density at radius 3 is 2.19 bits per heavy atom. The van der Waals surface area contributed by atoms with Gasteiger partial charge in [0.05, 0.1) is 29.6 Å². The van der Waals surface area contributed by atoms with E-state index in [2.05, 4.69) is 0 Å². The zero-order valence-electron chi connectivity index (χ0n) is 24.6. The molecule has 1 aliphatic heterocycles. The molecule has 3 N–H and O–H groups in total. The minimum absolute atomic E-state index is 0.103. The number of Topliss-reactive ketones (excluding diaryl/α,β-unsaturated/α-hetero) is 1. The lowest BCUT2D eigenvalue weighted by atomic mass is 9.44. The van der Waals surface area contributed by atoms with Crippen LogP contribution in [-0.2, 0) is 33.3 Å². The van der Waals surface area contributed by atoms with Crippen LogP contribution in [-0.4, -0.2) is 87.3 Å². The third-order valence-corrected chi connectivity index (χ3v) is 10.2. The average Bonchev–Trinajstić information content (AvgIpc) is 2.90. The molecular formula is C31H38O11. The number of hydrogen-bond acceptors (Lipinski definition) is 11. The van der Waals surface area contributed by atoms with E-state index in [0.717, 1.165) is 0 Å². The van der Waals surface area contributed by atoms with E-state index < -0.39 is 82.2 Å². The van der Waals surface area contributed by atoms with Crippen molar-refractivity contribution in [3.8, 4) is 0 Å². The van der Waals surface area contributed by atoms with Gasteiger partial charge in [-0.1, -0.05) is 32.0 Å². The number of ether oxygens (including phenoxy) is 4. The molecule has 2 unspecified atom stereocenters. The van der Waals surface area contributed by atoms with Crippen LogP contribution in [0.2, 0.25) is 0 Å². The molecule has 11 nitrogen and oxygen atoms in total. The minimum atomic E-state index is -2.11. The minimum Gasteiger partial charge on any atom is -0.458 e. The number of hydrogen-bond donors (Lipinski definition) is 3. The largest absolute Gasteiger partial charge is 0.458 e. The monoisotopic (exact) mass is 586 g/mol. The molecule has 1 aromatic carbocycles. The number of ketones is 1. The number of aliphatic hydroxyl groups is 3. The van der Waals surface area contributed by atoms with Gasteiger partial charge in [0.1, 0.15) is 30.0 Å². The second-order valence-electron chi connectivity index (χ2n) is 12.8. The SMILES string of the molecule is CC(=O)O[C@H]1C[C@@]2(O)[C@@H](OC(=O)c3ccccc3)C3[C@]4(OC(C)=O)COC4C[C@H](O)[C@@]3(C)C(=O)[C@H](O)C(=C1C)C2(C)C. The van der Waals surface area contributed by atoms with Crippen LogP contribution in [0.4, 0.5) is 0 Å².